The molecule has 0 radical (unpaired) electrons. The predicted molar refractivity (Wildman–Crippen MR) is 60.1 cm³/mol. The first kappa shape index (κ1) is 11.8. The molecule has 0 amide bonds. The van der Waals surface area contributed by atoms with Crippen LogP contribution in [-0.4, -0.2) is 17.9 Å². The Balaban J connectivity index is 0.000000160. The Kier molecular flexibility index (Phi) is 4.60. The standard InChI is InChI=1S/C7H6O.C6H4O2/c8-6-7-4-2-1-3-5-7;7-5-1-2-6(8)4-3-5/h1-6H;1-4H. The molecule has 80 valence electrons. The van der Waals surface area contributed by atoms with Gasteiger partial charge in [0, 0.05) is 5.56 Å². The first-order chi connectivity index (χ1) is 7.72. The third-order valence-electron chi connectivity index (χ3n) is 1.76. The van der Waals surface area contributed by atoms with E-state index in [2.05, 4.69) is 0 Å². The Morgan fingerprint density at radius 3 is 1.50 bits per heavy atom. The Labute approximate surface area is 93.1 Å². The van der Waals surface area contributed by atoms with Gasteiger partial charge in [-0.25, -0.2) is 0 Å². The smallest absolute Gasteiger partial charge is 0.178 e. The van der Waals surface area contributed by atoms with Crippen LogP contribution in [0.25, 0.3) is 0 Å². The maximum atomic E-state index is 10.3. The van der Waals surface area contributed by atoms with Crippen LogP contribution in [0.1, 0.15) is 10.4 Å². The molecule has 3 heteroatoms. The number of hydrogen-bond acceptors (Lipinski definition) is 3. The van der Waals surface area contributed by atoms with Gasteiger partial charge in [0.05, 0.1) is 0 Å². The molecule has 0 fully saturated rings. The fraction of sp³-hybridized carbons (Fsp3) is 0. The molecule has 0 unspecified atom stereocenters. The molecular weight excluding hydrogens is 204 g/mol. The molecular formula is C13H10O3. The summed E-state index contributed by atoms with van der Waals surface area (Å²) in [4.78, 5) is 30.6. The van der Waals surface area contributed by atoms with E-state index in [1.165, 1.54) is 24.3 Å². The van der Waals surface area contributed by atoms with Gasteiger partial charge in [-0.1, -0.05) is 30.3 Å². The SMILES string of the molecule is O=C1C=CC(=O)C=C1.O=Cc1ccccc1. The summed E-state index contributed by atoms with van der Waals surface area (Å²) >= 11 is 0. The third-order valence-corrected chi connectivity index (χ3v) is 1.76. The molecule has 3 nitrogen and oxygen atoms in total. The van der Waals surface area contributed by atoms with Gasteiger partial charge in [0.1, 0.15) is 6.29 Å². The number of ketones is 2. The minimum atomic E-state index is -0.121. The largest absolute Gasteiger partial charge is 0.298 e. The van der Waals surface area contributed by atoms with E-state index in [0.717, 1.165) is 11.8 Å². The minimum absolute atomic E-state index is 0.121. The molecule has 1 aromatic rings. The Bertz CT molecular complexity index is 404. The van der Waals surface area contributed by atoms with E-state index in [-0.39, 0.29) is 11.6 Å². The normalized spacial score (nSPS) is 13.0. The number of carbonyl (C=O) groups excluding carboxylic acids is 3. The maximum absolute atomic E-state index is 10.3. The van der Waals surface area contributed by atoms with Gasteiger partial charge in [-0.3, -0.25) is 14.4 Å². The fourth-order valence-electron chi connectivity index (χ4n) is 0.971. The first-order valence-electron chi connectivity index (χ1n) is 4.66. The zero-order valence-corrected chi connectivity index (χ0v) is 8.50. The van der Waals surface area contributed by atoms with Crippen LogP contribution < -0.4 is 0 Å². The summed E-state index contributed by atoms with van der Waals surface area (Å²) in [6.45, 7) is 0. The molecule has 0 heterocycles. The van der Waals surface area contributed by atoms with Crippen molar-refractivity contribution in [2.24, 2.45) is 0 Å². The fourth-order valence-corrected chi connectivity index (χ4v) is 0.971. The number of rotatable bonds is 1. The summed E-state index contributed by atoms with van der Waals surface area (Å²) < 4.78 is 0. The molecule has 16 heavy (non-hydrogen) atoms. The highest BCUT2D eigenvalue weighted by molar-refractivity contribution is 6.14. The van der Waals surface area contributed by atoms with Crippen molar-refractivity contribution in [3.8, 4) is 0 Å². The Morgan fingerprint density at radius 2 is 1.19 bits per heavy atom. The van der Waals surface area contributed by atoms with Gasteiger partial charge in [0.25, 0.3) is 0 Å². The van der Waals surface area contributed by atoms with Crippen LogP contribution in [0.4, 0.5) is 0 Å². The maximum Gasteiger partial charge on any atom is 0.178 e. The molecule has 1 aliphatic carbocycles. The molecule has 0 aliphatic heterocycles. The van der Waals surface area contributed by atoms with Crippen molar-refractivity contribution in [1.29, 1.82) is 0 Å². The summed E-state index contributed by atoms with van der Waals surface area (Å²) in [6.07, 6.45) is 5.84. The zero-order valence-electron chi connectivity index (χ0n) is 8.50. The van der Waals surface area contributed by atoms with Crippen LogP contribution in [0.3, 0.4) is 0 Å². The van der Waals surface area contributed by atoms with Crippen molar-refractivity contribution in [2.75, 3.05) is 0 Å². The molecule has 0 saturated carbocycles. The summed E-state index contributed by atoms with van der Waals surface area (Å²) in [5.74, 6) is -0.241. The number of allylic oxidation sites excluding steroid dienone is 4. The number of aldehydes is 1. The monoisotopic (exact) mass is 214 g/mol. The molecule has 0 N–H and O–H groups in total. The molecule has 0 spiro atoms. The van der Waals surface area contributed by atoms with Crippen molar-refractivity contribution in [3.05, 3.63) is 60.2 Å². The topological polar surface area (TPSA) is 51.2 Å². The minimum Gasteiger partial charge on any atom is -0.298 e. The second-order valence-electron chi connectivity index (χ2n) is 3.00. The van der Waals surface area contributed by atoms with E-state index in [4.69, 9.17) is 0 Å². The van der Waals surface area contributed by atoms with Crippen molar-refractivity contribution < 1.29 is 14.4 Å². The molecule has 1 aromatic carbocycles. The molecule has 2 rings (SSSR count). The van der Waals surface area contributed by atoms with Crippen molar-refractivity contribution in [2.45, 2.75) is 0 Å². The van der Waals surface area contributed by atoms with E-state index in [1.807, 2.05) is 18.2 Å². The zero-order chi connectivity index (χ0) is 11.8. The third kappa shape index (κ3) is 4.28. The summed E-state index contributed by atoms with van der Waals surface area (Å²) in [5.41, 5.74) is 0.729. The van der Waals surface area contributed by atoms with Crippen LogP contribution >= 0.6 is 0 Å². The summed E-state index contributed by atoms with van der Waals surface area (Å²) in [6, 6.07) is 9.10. The highest BCUT2D eigenvalue weighted by Gasteiger charge is 1.97. The van der Waals surface area contributed by atoms with E-state index < -0.39 is 0 Å². The summed E-state index contributed by atoms with van der Waals surface area (Å²) in [7, 11) is 0. The first-order valence-corrected chi connectivity index (χ1v) is 4.66. The second-order valence-corrected chi connectivity index (χ2v) is 3.00. The lowest BCUT2D eigenvalue weighted by Gasteiger charge is -1.87. The molecule has 0 atom stereocenters. The van der Waals surface area contributed by atoms with Crippen LogP contribution in [0.5, 0.6) is 0 Å². The molecule has 0 aromatic heterocycles. The van der Waals surface area contributed by atoms with E-state index in [9.17, 15) is 14.4 Å². The van der Waals surface area contributed by atoms with Gasteiger partial charge in [-0.2, -0.15) is 0 Å². The molecule has 0 bridgehead atoms. The van der Waals surface area contributed by atoms with Gasteiger partial charge in [0.15, 0.2) is 11.6 Å². The number of carbonyl (C=O) groups is 3. The van der Waals surface area contributed by atoms with Gasteiger partial charge in [-0.05, 0) is 24.3 Å². The number of benzene rings is 1. The highest BCUT2D eigenvalue weighted by Crippen LogP contribution is 1.91. The van der Waals surface area contributed by atoms with Crippen molar-refractivity contribution in [3.63, 3.8) is 0 Å². The van der Waals surface area contributed by atoms with Crippen molar-refractivity contribution in [1.82, 2.24) is 0 Å². The highest BCUT2D eigenvalue weighted by atomic mass is 16.1. The van der Waals surface area contributed by atoms with E-state index >= 15 is 0 Å². The average Bonchev–Trinajstić information content (AvgIpc) is 2.35. The van der Waals surface area contributed by atoms with Crippen LogP contribution in [0.2, 0.25) is 0 Å². The van der Waals surface area contributed by atoms with Gasteiger partial charge in [0.2, 0.25) is 0 Å². The quantitative estimate of drug-likeness (QED) is 0.528. The lowest BCUT2D eigenvalue weighted by molar-refractivity contribution is -0.113. The Hall–Kier alpha value is -2.29. The lowest BCUT2D eigenvalue weighted by Crippen LogP contribution is -1.97. The van der Waals surface area contributed by atoms with E-state index in [0.29, 0.717) is 0 Å². The van der Waals surface area contributed by atoms with Gasteiger partial charge >= 0.3 is 0 Å². The Morgan fingerprint density at radius 1 is 0.750 bits per heavy atom. The number of hydrogen-bond donors (Lipinski definition) is 0. The average molecular weight is 214 g/mol. The van der Waals surface area contributed by atoms with Crippen LogP contribution in [0, 0.1) is 0 Å². The van der Waals surface area contributed by atoms with Crippen LogP contribution in [0.15, 0.2) is 54.6 Å². The molecule has 0 saturated heterocycles. The van der Waals surface area contributed by atoms with Gasteiger partial charge < -0.3 is 0 Å². The van der Waals surface area contributed by atoms with Crippen LogP contribution in [-0.2, 0) is 9.59 Å². The second kappa shape index (κ2) is 6.24. The van der Waals surface area contributed by atoms with Crippen molar-refractivity contribution >= 4 is 17.9 Å². The predicted octanol–water partition coefficient (Wildman–Crippen LogP) is 1.75. The summed E-state index contributed by atoms with van der Waals surface area (Å²) in [5, 5.41) is 0. The van der Waals surface area contributed by atoms with Gasteiger partial charge in [-0.15, -0.1) is 0 Å². The van der Waals surface area contributed by atoms with E-state index in [1.54, 1.807) is 12.1 Å². The lowest BCUT2D eigenvalue weighted by atomic mass is 10.2. The molecule has 1 aliphatic rings.